The van der Waals surface area contributed by atoms with Crippen molar-refractivity contribution in [2.75, 3.05) is 4.90 Å². The van der Waals surface area contributed by atoms with Crippen LogP contribution in [0.4, 0.5) is 30.2 Å². The molecule has 5 heteroatoms. The summed E-state index contributed by atoms with van der Waals surface area (Å²) < 4.78 is 41.4. The van der Waals surface area contributed by atoms with E-state index in [0.29, 0.717) is 11.3 Å². The minimum absolute atomic E-state index is 0.0871. The van der Waals surface area contributed by atoms with Crippen molar-refractivity contribution >= 4 is 17.1 Å². The van der Waals surface area contributed by atoms with Crippen LogP contribution < -0.4 is 4.90 Å². The molecular weight excluding hydrogens is 505 g/mol. The van der Waals surface area contributed by atoms with Crippen LogP contribution in [0.25, 0.3) is 11.3 Å². The van der Waals surface area contributed by atoms with Crippen LogP contribution in [-0.4, -0.2) is 4.98 Å². The van der Waals surface area contributed by atoms with E-state index in [2.05, 4.69) is 72.3 Å². The number of halogens is 3. The highest BCUT2D eigenvalue weighted by Crippen LogP contribution is 2.39. The molecule has 0 saturated heterocycles. The lowest BCUT2D eigenvalue weighted by Crippen LogP contribution is -2.11. The highest BCUT2D eigenvalue weighted by atomic mass is 19.4. The van der Waals surface area contributed by atoms with Crippen LogP contribution >= 0.6 is 0 Å². The molecule has 1 aromatic heterocycles. The average Bonchev–Trinajstić information content (AvgIpc) is 2.95. The minimum atomic E-state index is -4.45. The van der Waals surface area contributed by atoms with Crippen LogP contribution in [0.3, 0.4) is 0 Å². The summed E-state index contributed by atoms with van der Waals surface area (Å²) >= 11 is 0. The zero-order valence-electron chi connectivity index (χ0n) is 23.8. The third kappa shape index (κ3) is 7.53. The second-order valence-electron chi connectivity index (χ2n) is 10.5. The number of aryl methyl sites for hydroxylation is 3. The summed E-state index contributed by atoms with van der Waals surface area (Å²) in [7, 11) is 0. The van der Waals surface area contributed by atoms with Crippen LogP contribution in [0.1, 0.15) is 74.6 Å². The van der Waals surface area contributed by atoms with Gasteiger partial charge in [-0.25, -0.2) is 0 Å². The van der Waals surface area contributed by atoms with Gasteiger partial charge in [0.1, 0.15) is 0 Å². The molecule has 0 aliphatic heterocycles. The number of hydrogen-bond donors (Lipinski definition) is 0. The summed E-state index contributed by atoms with van der Waals surface area (Å²) in [5.41, 5.74) is 5.65. The first kappa shape index (κ1) is 29.4. The number of anilines is 3. The van der Waals surface area contributed by atoms with Gasteiger partial charge in [0, 0.05) is 16.9 Å². The lowest BCUT2D eigenvalue weighted by atomic mass is 10.0. The quantitative estimate of drug-likeness (QED) is 0.165. The fourth-order valence-corrected chi connectivity index (χ4v) is 5.02. The first-order chi connectivity index (χ1) is 19.3. The van der Waals surface area contributed by atoms with E-state index in [9.17, 15) is 13.2 Å². The highest BCUT2D eigenvalue weighted by molar-refractivity contribution is 5.77. The molecule has 4 rings (SSSR count). The van der Waals surface area contributed by atoms with Gasteiger partial charge < -0.3 is 4.90 Å². The van der Waals surface area contributed by atoms with Gasteiger partial charge in [-0.3, -0.25) is 4.98 Å². The van der Waals surface area contributed by atoms with Gasteiger partial charge in [0.2, 0.25) is 0 Å². The summed E-state index contributed by atoms with van der Waals surface area (Å²) in [6, 6.07) is 25.1. The largest absolute Gasteiger partial charge is 0.417 e. The van der Waals surface area contributed by atoms with E-state index < -0.39 is 11.7 Å². The van der Waals surface area contributed by atoms with Crippen LogP contribution in [0.15, 0.2) is 85.1 Å². The molecule has 3 aromatic carbocycles. The average molecular weight is 545 g/mol. The van der Waals surface area contributed by atoms with Crippen molar-refractivity contribution in [3.8, 4) is 11.3 Å². The molecule has 40 heavy (non-hydrogen) atoms. The summed E-state index contributed by atoms with van der Waals surface area (Å²) in [6.45, 7) is 6.08. The van der Waals surface area contributed by atoms with Gasteiger partial charge >= 0.3 is 6.18 Å². The van der Waals surface area contributed by atoms with Gasteiger partial charge in [0.15, 0.2) is 0 Å². The Morgan fingerprint density at radius 3 is 1.62 bits per heavy atom. The Bertz CT molecular complexity index is 1290. The monoisotopic (exact) mass is 544 g/mol. The topological polar surface area (TPSA) is 16.1 Å². The second kappa shape index (κ2) is 13.6. The molecule has 4 aromatic rings. The third-order valence-corrected chi connectivity index (χ3v) is 7.29. The van der Waals surface area contributed by atoms with E-state index in [1.165, 1.54) is 61.8 Å². The highest BCUT2D eigenvalue weighted by Gasteiger charge is 2.34. The van der Waals surface area contributed by atoms with E-state index in [1.54, 1.807) is 25.3 Å². The van der Waals surface area contributed by atoms with Crippen molar-refractivity contribution in [3.05, 3.63) is 107 Å². The molecule has 0 amide bonds. The van der Waals surface area contributed by atoms with Crippen LogP contribution in [-0.2, 0) is 19.0 Å². The maximum absolute atomic E-state index is 13.8. The molecule has 0 spiro atoms. The Balaban J connectivity index is 1.68. The molecule has 1 heterocycles. The van der Waals surface area contributed by atoms with E-state index >= 15 is 0 Å². The van der Waals surface area contributed by atoms with Crippen molar-refractivity contribution in [3.63, 3.8) is 0 Å². The van der Waals surface area contributed by atoms with Crippen molar-refractivity contribution in [1.82, 2.24) is 4.98 Å². The molecule has 0 bridgehead atoms. The Kier molecular flexibility index (Phi) is 10.0. The fraction of sp³-hybridized carbons (Fsp3) is 0.343. The van der Waals surface area contributed by atoms with E-state index in [1.807, 2.05) is 6.07 Å². The van der Waals surface area contributed by atoms with Crippen LogP contribution in [0, 0.1) is 6.92 Å². The Morgan fingerprint density at radius 2 is 1.18 bits per heavy atom. The minimum Gasteiger partial charge on any atom is -0.309 e. The smallest absolute Gasteiger partial charge is 0.309 e. The first-order valence-electron chi connectivity index (χ1n) is 14.4. The lowest BCUT2D eigenvalue weighted by molar-refractivity contribution is -0.137. The predicted octanol–water partition coefficient (Wildman–Crippen LogP) is 11.0. The number of pyridine rings is 1. The molecule has 0 radical (unpaired) electrons. The van der Waals surface area contributed by atoms with Gasteiger partial charge in [0.05, 0.1) is 23.1 Å². The maximum atomic E-state index is 13.8. The Labute approximate surface area is 236 Å². The molecule has 0 aliphatic rings. The van der Waals surface area contributed by atoms with Gasteiger partial charge in [-0.1, -0.05) is 81.5 Å². The lowest BCUT2D eigenvalue weighted by Gasteiger charge is -2.26. The maximum Gasteiger partial charge on any atom is 0.417 e. The number of aromatic nitrogens is 1. The van der Waals surface area contributed by atoms with Crippen molar-refractivity contribution in [2.24, 2.45) is 0 Å². The predicted molar refractivity (Wildman–Crippen MR) is 161 cm³/mol. The fourth-order valence-electron chi connectivity index (χ4n) is 5.02. The number of rotatable bonds is 12. The summed E-state index contributed by atoms with van der Waals surface area (Å²) in [5, 5.41) is 0. The van der Waals surface area contributed by atoms with E-state index in [-0.39, 0.29) is 5.56 Å². The molecule has 0 aliphatic carbocycles. The molecule has 0 N–H and O–H groups in total. The van der Waals surface area contributed by atoms with Gasteiger partial charge in [-0.15, -0.1) is 0 Å². The van der Waals surface area contributed by atoms with E-state index in [0.717, 1.165) is 29.9 Å². The molecule has 0 saturated carbocycles. The number of hydrogen-bond acceptors (Lipinski definition) is 2. The Hall–Kier alpha value is -3.60. The molecule has 0 fully saturated rings. The van der Waals surface area contributed by atoms with Crippen LogP contribution in [0.2, 0.25) is 0 Å². The van der Waals surface area contributed by atoms with Crippen molar-refractivity contribution in [1.29, 1.82) is 0 Å². The van der Waals surface area contributed by atoms with E-state index in [4.69, 9.17) is 0 Å². The van der Waals surface area contributed by atoms with Gasteiger partial charge in [-0.2, -0.15) is 13.2 Å². The van der Waals surface area contributed by atoms with Gasteiger partial charge in [-0.05, 0) is 86.2 Å². The third-order valence-electron chi connectivity index (χ3n) is 7.29. The second-order valence-corrected chi connectivity index (χ2v) is 10.5. The Morgan fingerprint density at radius 1 is 0.650 bits per heavy atom. The number of nitrogens with zero attached hydrogens (tertiary/aromatic N) is 2. The zero-order chi connectivity index (χ0) is 28.5. The number of alkyl halides is 3. The summed E-state index contributed by atoms with van der Waals surface area (Å²) in [6.07, 6.45) is 6.47. The van der Waals surface area contributed by atoms with Gasteiger partial charge in [0.25, 0.3) is 0 Å². The summed E-state index contributed by atoms with van der Waals surface area (Å²) in [4.78, 5) is 6.63. The number of benzene rings is 3. The molecular formula is C35H39F3N2. The molecule has 0 atom stereocenters. The van der Waals surface area contributed by atoms with Crippen molar-refractivity contribution < 1.29 is 13.2 Å². The zero-order valence-corrected chi connectivity index (χ0v) is 23.8. The van der Waals surface area contributed by atoms with Crippen LogP contribution in [0.5, 0.6) is 0 Å². The molecule has 210 valence electrons. The number of unbranched alkanes of at least 4 members (excludes halogenated alkanes) is 4. The molecule has 2 nitrogen and oxygen atoms in total. The standard InChI is InChI=1S/C35H39F3N2/c1-4-6-8-10-27-13-17-29(18-14-27)40(30-19-15-28(16-20-30)11-9-7-5-2)31-21-23-34(39-25-31)32-22-12-26(3)24-33(32)35(36,37)38/h12-25H,4-11H2,1-3H3. The first-order valence-corrected chi connectivity index (χ1v) is 14.4. The molecule has 0 unspecified atom stereocenters. The summed E-state index contributed by atoms with van der Waals surface area (Å²) in [5.74, 6) is 0. The van der Waals surface area contributed by atoms with Crippen molar-refractivity contribution in [2.45, 2.75) is 78.3 Å². The SMILES string of the molecule is CCCCCc1ccc(N(c2ccc(CCCCC)cc2)c2ccc(-c3ccc(C)cc3C(F)(F)F)nc2)cc1. The normalized spacial score (nSPS) is 11.6.